The lowest BCUT2D eigenvalue weighted by Gasteiger charge is -2.53. The van der Waals surface area contributed by atoms with E-state index in [2.05, 4.69) is 6.58 Å². The van der Waals surface area contributed by atoms with E-state index < -0.39 is 59.0 Å². The smallest absolute Gasteiger partial charge is 0.310 e. The van der Waals surface area contributed by atoms with E-state index in [0.29, 0.717) is 0 Å². The number of carbonyl (C=O) groups excluding carboxylic acids is 3. The number of ketones is 1. The average molecular weight is 353 g/mol. The van der Waals surface area contributed by atoms with Gasteiger partial charge in [0.2, 0.25) is 0 Å². The molecule has 8 nitrogen and oxygen atoms in total. The summed E-state index contributed by atoms with van der Waals surface area (Å²) in [4.78, 5) is 48.1. The summed E-state index contributed by atoms with van der Waals surface area (Å²) >= 11 is 0. The van der Waals surface area contributed by atoms with Gasteiger partial charge in [-0.3, -0.25) is 19.2 Å². The predicted octanol–water partition coefficient (Wildman–Crippen LogP) is 0.291. The Hall–Kier alpha value is -2.22. The highest BCUT2D eigenvalue weighted by Crippen LogP contribution is 2.50. The van der Waals surface area contributed by atoms with Crippen molar-refractivity contribution in [1.29, 1.82) is 0 Å². The lowest BCUT2D eigenvalue weighted by atomic mass is 9.53. The summed E-state index contributed by atoms with van der Waals surface area (Å²) in [7, 11) is 1.21. The molecule has 2 saturated carbocycles. The number of Topliss-reactive ketones (excluding diaryl/α,β-unsaturated/α-hetero) is 1. The van der Waals surface area contributed by atoms with Gasteiger partial charge >= 0.3 is 17.9 Å². The molecule has 0 aromatic heterocycles. The number of fused-ring (bicyclic) bond motifs is 1. The van der Waals surface area contributed by atoms with Crippen molar-refractivity contribution in [2.75, 3.05) is 7.11 Å². The van der Waals surface area contributed by atoms with Crippen LogP contribution >= 0.6 is 0 Å². The Morgan fingerprint density at radius 1 is 1.40 bits per heavy atom. The highest BCUT2D eigenvalue weighted by atomic mass is 16.5. The molecule has 0 radical (unpaired) electrons. The molecule has 25 heavy (non-hydrogen) atoms. The fraction of sp³-hybridized carbons (Fsp3) is 0.647. The summed E-state index contributed by atoms with van der Waals surface area (Å²) in [5.41, 5.74) is 5.24. The number of rotatable bonds is 4. The number of esters is 2. The fourth-order valence-corrected chi connectivity index (χ4v) is 4.29. The standard InChI is InChI=1S/C17H23NO7/c1-4-9-10(15(21)22)5-6-17(18)11(16(23)24-3)7-12(25-8(2)19)14(20)13(9)17/h4,9-13H,1,5-7,18H2,2-3H3,(H,21,22)/t9-,10+,11-,12-,13-,17+/m0/s1. The number of ether oxygens (including phenoxy) is 2. The van der Waals surface area contributed by atoms with Crippen LogP contribution in [-0.4, -0.2) is 47.6 Å². The highest BCUT2D eigenvalue weighted by molar-refractivity contribution is 5.93. The van der Waals surface area contributed by atoms with Gasteiger partial charge in [-0.2, -0.15) is 0 Å². The molecule has 0 heterocycles. The van der Waals surface area contributed by atoms with Gasteiger partial charge in [0, 0.05) is 30.7 Å². The maximum absolute atomic E-state index is 12.9. The predicted molar refractivity (Wildman–Crippen MR) is 85.1 cm³/mol. The lowest BCUT2D eigenvalue weighted by molar-refractivity contribution is -0.174. The average Bonchev–Trinajstić information content (AvgIpc) is 2.55. The van der Waals surface area contributed by atoms with Crippen molar-refractivity contribution in [1.82, 2.24) is 0 Å². The molecule has 0 aromatic carbocycles. The number of nitrogens with two attached hydrogens (primary N) is 1. The van der Waals surface area contributed by atoms with Crippen LogP contribution in [0.4, 0.5) is 0 Å². The fourth-order valence-electron chi connectivity index (χ4n) is 4.29. The second-order valence-electron chi connectivity index (χ2n) is 6.70. The van der Waals surface area contributed by atoms with Crippen LogP contribution in [0.3, 0.4) is 0 Å². The van der Waals surface area contributed by atoms with Crippen molar-refractivity contribution < 1.29 is 33.8 Å². The largest absolute Gasteiger partial charge is 0.481 e. The zero-order chi connectivity index (χ0) is 18.9. The molecular weight excluding hydrogens is 330 g/mol. The zero-order valence-electron chi connectivity index (χ0n) is 14.3. The summed E-state index contributed by atoms with van der Waals surface area (Å²) in [5, 5.41) is 9.46. The topological polar surface area (TPSA) is 133 Å². The molecule has 138 valence electrons. The SMILES string of the molecule is C=C[C@@H]1[C@H]2C(=O)[C@@H](OC(C)=O)C[C@@H](C(=O)OC)[C@]2(N)CC[C@H]1C(=O)O. The second kappa shape index (κ2) is 6.95. The molecule has 2 rings (SSSR count). The van der Waals surface area contributed by atoms with Gasteiger partial charge in [-0.25, -0.2) is 0 Å². The monoisotopic (exact) mass is 353 g/mol. The highest BCUT2D eigenvalue weighted by Gasteiger charge is 2.61. The maximum atomic E-state index is 12.9. The number of carboxylic acids is 1. The van der Waals surface area contributed by atoms with Crippen molar-refractivity contribution in [3.63, 3.8) is 0 Å². The third kappa shape index (κ3) is 3.18. The zero-order valence-corrected chi connectivity index (χ0v) is 14.3. The number of aliphatic carboxylic acids is 1. The summed E-state index contributed by atoms with van der Waals surface area (Å²) in [6.07, 6.45) is 0.569. The first-order valence-corrected chi connectivity index (χ1v) is 8.10. The summed E-state index contributed by atoms with van der Waals surface area (Å²) in [5.74, 6) is -6.23. The Bertz CT molecular complexity index is 616. The Kier molecular flexibility index (Phi) is 5.31. The summed E-state index contributed by atoms with van der Waals surface area (Å²) in [6, 6.07) is 0. The van der Waals surface area contributed by atoms with Crippen LogP contribution in [0.2, 0.25) is 0 Å². The van der Waals surface area contributed by atoms with Crippen LogP contribution in [0.5, 0.6) is 0 Å². The molecule has 0 aliphatic heterocycles. The molecule has 2 aliphatic carbocycles. The van der Waals surface area contributed by atoms with Gasteiger partial charge in [0.05, 0.1) is 18.9 Å². The van der Waals surface area contributed by atoms with E-state index in [0.717, 1.165) is 6.92 Å². The van der Waals surface area contributed by atoms with Crippen LogP contribution in [-0.2, 0) is 28.7 Å². The minimum absolute atomic E-state index is 0.0698. The Morgan fingerprint density at radius 3 is 2.52 bits per heavy atom. The number of hydrogen-bond donors (Lipinski definition) is 2. The van der Waals surface area contributed by atoms with Gasteiger partial charge < -0.3 is 20.3 Å². The van der Waals surface area contributed by atoms with Crippen LogP contribution < -0.4 is 5.73 Å². The van der Waals surface area contributed by atoms with E-state index in [-0.39, 0.29) is 19.3 Å². The van der Waals surface area contributed by atoms with Crippen molar-refractivity contribution in [2.24, 2.45) is 29.4 Å². The van der Waals surface area contributed by atoms with Crippen LogP contribution in [0.25, 0.3) is 0 Å². The first kappa shape index (κ1) is 19.1. The number of allylic oxidation sites excluding steroid dienone is 1. The van der Waals surface area contributed by atoms with E-state index in [9.17, 15) is 24.3 Å². The minimum atomic E-state index is -1.26. The first-order valence-electron chi connectivity index (χ1n) is 8.10. The molecule has 0 amide bonds. The van der Waals surface area contributed by atoms with Gasteiger partial charge in [-0.05, 0) is 12.8 Å². The number of hydrogen-bond acceptors (Lipinski definition) is 7. The Morgan fingerprint density at radius 2 is 2.04 bits per heavy atom. The van der Waals surface area contributed by atoms with Gasteiger partial charge in [-0.1, -0.05) is 6.08 Å². The second-order valence-corrected chi connectivity index (χ2v) is 6.70. The van der Waals surface area contributed by atoms with Crippen LogP contribution in [0.15, 0.2) is 12.7 Å². The third-order valence-electron chi connectivity index (χ3n) is 5.42. The number of methoxy groups -OCH3 is 1. The van der Waals surface area contributed by atoms with Gasteiger partial charge in [0.1, 0.15) is 0 Å². The molecule has 8 heteroatoms. The summed E-state index contributed by atoms with van der Waals surface area (Å²) < 4.78 is 9.90. The van der Waals surface area contributed by atoms with Crippen molar-refractivity contribution in [3.05, 3.63) is 12.7 Å². The molecule has 0 saturated heterocycles. The normalized spacial score (nSPS) is 37.6. The van der Waals surface area contributed by atoms with E-state index in [1.54, 1.807) is 0 Å². The van der Waals surface area contributed by atoms with E-state index in [1.807, 2.05) is 0 Å². The maximum Gasteiger partial charge on any atom is 0.310 e. The van der Waals surface area contributed by atoms with E-state index in [1.165, 1.54) is 13.2 Å². The quantitative estimate of drug-likeness (QED) is 0.544. The lowest BCUT2D eigenvalue weighted by Crippen LogP contribution is -2.69. The van der Waals surface area contributed by atoms with Crippen molar-refractivity contribution >= 4 is 23.7 Å². The van der Waals surface area contributed by atoms with Crippen LogP contribution in [0.1, 0.15) is 26.2 Å². The summed E-state index contributed by atoms with van der Waals surface area (Å²) in [6.45, 7) is 4.82. The van der Waals surface area contributed by atoms with Crippen LogP contribution in [0, 0.1) is 23.7 Å². The van der Waals surface area contributed by atoms with E-state index >= 15 is 0 Å². The molecule has 0 bridgehead atoms. The molecule has 0 aromatic rings. The molecule has 0 spiro atoms. The van der Waals surface area contributed by atoms with Crippen molar-refractivity contribution in [2.45, 2.75) is 37.8 Å². The van der Waals surface area contributed by atoms with E-state index in [4.69, 9.17) is 15.2 Å². The Labute approximate surface area is 145 Å². The third-order valence-corrected chi connectivity index (χ3v) is 5.42. The number of carboxylic acid groups (broad SMARTS) is 1. The first-order chi connectivity index (χ1) is 11.7. The molecule has 3 N–H and O–H groups in total. The molecule has 6 atom stereocenters. The number of carbonyl (C=O) groups is 4. The molecule has 2 aliphatic rings. The van der Waals surface area contributed by atoms with Gasteiger partial charge in [0.15, 0.2) is 11.9 Å². The van der Waals surface area contributed by atoms with Crippen molar-refractivity contribution in [3.8, 4) is 0 Å². The van der Waals surface area contributed by atoms with Gasteiger partial charge in [-0.15, -0.1) is 6.58 Å². The minimum Gasteiger partial charge on any atom is -0.481 e. The molecular formula is C17H23NO7. The Balaban J connectivity index is 2.51. The molecule has 0 unspecified atom stereocenters. The molecule has 2 fully saturated rings. The van der Waals surface area contributed by atoms with Gasteiger partial charge in [0.25, 0.3) is 0 Å².